The van der Waals surface area contributed by atoms with Crippen molar-refractivity contribution in [2.45, 2.75) is 6.92 Å². The van der Waals surface area contributed by atoms with Crippen LogP contribution in [-0.4, -0.2) is 11.1 Å². The van der Waals surface area contributed by atoms with E-state index in [1.807, 2.05) is 0 Å². The molecule has 0 aliphatic heterocycles. The number of hydrogen-bond donors (Lipinski definition) is 2. The number of halogens is 1. The van der Waals surface area contributed by atoms with Gasteiger partial charge in [-0.2, -0.15) is 0 Å². The van der Waals surface area contributed by atoms with Gasteiger partial charge in [-0.3, -0.25) is 4.79 Å². The van der Waals surface area contributed by atoms with Crippen molar-refractivity contribution in [3.05, 3.63) is 30.1 Å². The van der Waals surface area contributed by atoms with Gasteiger partial charge in [0.1, 0.15) is 5.82 Å². The largest absolute Gasteiger partial charge is 0.481 e. The molecule has 0 bridgehead atoms. The summed E-state index contributed by atoms with van der Waals surface area (Å²) in [4.78, 5) is 9.00. The Balaban J connectivity index is 0.000000261. The number of carboxylic acids is 1. The third-order valence-electron chi connectivity index (χ3n) is 0.849. The molecule has 66 valence electrons. The predicted octanol–water partition coefficient (Wildman–Crippen LogP) is 1.50. The Bertz CT molecular complexity index is 242. The molecule has 1 aromatic carbocycles. The first-order chi connectivity index (χ1) is 5.52. The first kappa shape index (κ1) is 10.4. The highest BCUT2D eigenvalue weighted by Gasteiger charge is 1.85. The number of aliphatic carboxylic acids is 1. The lowest BCUT2D eigenvalue weighted by Crippen LogP contribution is -1.83. The van der Waals surface area contributed by atoms with Gasteiger partial charge in [-0.1, -0.05) is 6.07 Å². The van der Waals surface area contributed by atoms with Crippen LogP contribution >= 0.6 is 0 Å². The summed E-state index contributed by atoms with van der Waals surface area (Å²) in [5.74, 6) is -1.12. The topological polar surface area (TPSA) is 63.3 Å². The minimum absolute atomic E-state index is 0.287. The van der Waals surface area contributed by atoms with Crippen molar-refractivity contribution in [2.24, 2.45) is 0 Å². The minimum Gasteiger partial charge on any atom is -0.481 e. The Morgan fingerprint density at radius 3 is 2.33 bits per heavy atom. The number of nitrogen functional groups attached to an aromatic ring is 1. The Kier molecular flexibility index (Phi) is 4.45. The van der Waals surface area contributed by atoms with Gasteiger partial charge >= 0.3 is 0 Å². The third kappa shape index (κ3) is 6.54. The van der Waals surface area contributed by atoms with E-state index in [0.717, 1.165) is 6.92 Å². The number of carboxylic acid groups (broad SMARTS) is 1. The zero-order valence-electron chi connectivity index (χ0n) is 6.62. The lowest BCUT2D eigenvalue weighted by atomic mass is 10.3. The average Bonchev–Trinajstić information content (AvgIpc) is 1.84. The van der Waals surface area contributed by atoms with E-state index in [-0.39, 0.29) is 5.82 Å². The van der Waals surface area contributed by atoms with Crippen LogP contribution in [0.15, 0.2) is 24.3 Å². The predicted molar refractivity (Wildman–Crippen MR) is 44.1 cm³/mol. The minimum atomic E-state index is -0.833. The van der Waals surface area contributed by atoms with Crippen LogP contribution in [0, 0.1) is 5.82 Å². The molecular weight excluding hydrogens is 161 g/mol. The van der Waals surface area contributed by atoms with E-state index in [1.54, 1.807) is 12.1 Å². The molecule has 0 aliphatic rings. The van der Waals surface area contributed by atoms with Crippen LogP contribution in [0.25, 0.3) is 0 Å². The number of hydrogen-bond acceptors (Lipinski definition) is 2. The second kappa shape index (κ2) is 5.12. The molecule has 4 heteroatoms. The molecule has 0 heterocycles. The summed E-state index contributed by atoms with van der Waals surface area (Å²) < 4.78 is 12.1. The molecule has 3 N–H and O–H groups in total. The maximum atomic E-state index is 12.1. The van der Waals surface area contributed by atoms with Gasteiger partial charge in [-0.05, 0) is 18.2 Å². The van der Waals surface area contributed by atoms with Crippen LogP contribution in [0.1, 0.15) is 6.92 Å². The normalized spacial score (nSPS) is 8.17. The number of rotatable bonds is 0. The number of benzene rings is 1. The lowest BCUT2D eigenvalue weighted by Gasteiger charge is -1.88. The fourth-order valence-electron chi connectivity index (χ4n) is 0.507. The lowest BCUT2D eigenvalue weighted by molar-refractivity contribution is -0.134. The van der Waals surface area contributed by atoms with Crippen LogP contribution in [-0.2, 0) is 4.79 Å². The SMILES string of the molecule is CC(=O)O.Nc1cccc(F)c1. The fraction of sp³-hybridized carbons (Fsp3) is 0.125. The molecule has 0 spiro atoms. The van der Waals surface area contributed by atoms with E-state index in [2.05, 4.69) is 0 Å². The first-order valence-corrected chi connectivity index (χ1v) is 3.23. The summed E-state index contributed by atoms with van der Waals surface area (Å²) in [7, 11) is 0. The molecule has 1 rings (SSSR count). The van der Waals surface area contributed by atoms with Gasteiger partial charge in [-0.15, -0.1) is 0 Å². The maximum absolute atomic E-state index is 12.1. The Morgan fingerprint density at radius 2 is 2.08 bits per heavy atom. The molecule has 0 saturated carbocycles. The van der Waals surface area contributed by atoms with Gasteiger partial charge < -0.3 is 10.8 Å². The van der Waals surface area contributed by atoms with Crippen molar-refractivity contribution in [3.8, 4) is 0 Å². The van der Waals surface area contributed by atoms with Crippen molar-refractivity contribution < 1.29 is 14.3 Å². The number of anilines is 1. The summed E-state index contributed by atoms with van der Waals surface area (Å²) in [6.45, 7) is 1.08. The van der Waals surface area contributed by atoms with Crippen molar-refractivity contribution in [1.82, 2.24) is 0 Å². The molecule has 0 aliphatic carbocycles. The standard InChI is InChI=1S/C6H6FN.C2H4O2/c7-5-2-1-3-6(8)4-5;1-2(3)4/h1-4H,8H2;1H3,(H,3,4). The summed E-state index contributed by atoms with van der Waals surface area (Å²) >= 11 is 0. The van der Waals surface area contributed by atoms with Crippen LogP contribution in [0.3, 0.4) is 0 Å². The monoisotopic (exact) mass is 171 g/mol. The average molecular weight is 171 g/mol. The fourth-order valence-corrected chi connectivity index (χ4v) is 0.507. The maximum Gasteiger partial charge on any atom is 0.300 e. The second-order valence-electron chi connectivity index (χ2n) is 2.07. The molecule has 0 atom stereocenters. The van der Waals surface area contributed by atoms with E-state index >= 15 is 0 Å². The molecular formula is C8H10FNO2. The van der Waals surface area contributed by atoms with Gasteiger partial charge in [0.2, 0.25) is 0 Å². The van der Waals surface area contributed by atoms with Crippen LogP contribution in [0.4, 0.5) is 10.1 Å². The van der Waals surface area contributed by atoms with E-state index < -0.39 is 5.97 Å². The Labute approximate surface area is 69.6 Å². The first-order valence-electron chi connectivity index (χ1n) is 3.23. The molecule has 0 saturated heterocycles. The molecule has 0 radical (unpaired) electrons. The van der Waals surface area contributed by atoms with E-state index in [0.29, 0.717) is 5.69 Å². The van der Waals surface area contributed by atoms with Gasteiger partial charge in [-0.25, -0.2) is 4.39 Å². The van der Waals surface area contributed by atoms with Crippen molar-refractivity contribution in [2.75, 3.05) is 5.73 Å². The van der Waals surface area contributed by atoms with Crippen LogP contribution < -0.4 is 5.73 Å². The van der Waals surface area contributed by atoms with Gasteiger partial charge in [0.05, 0.1) is 0 Å². The Morgan fingerprint density at radius 1 is 1.58 bits per heavy atom. The zero-order chi connectivity index (χ0) is 9.56. The molecule has 0 fully saturated rings. The smallest absolute Gasteiger partial charge is 0.300 e. The Hall–Kier alpha value is -1.58. The van der Waals surface area contributed by atoms with Crippen LogP contribution in [0.2, 0.25) is 0 Å². The summed E-state index contributed by atoms with van der Waals surface area (Å²) in [6.07, 6.45) is 0. The highest BCUT2D eigenvalue weighted by Crippen LogP contribution is 2.02. The second-order valence-corrected chi connectivity index (χ2v) is 2.07. The molecule has 0 aromatic heterocycles. The van der Waals surface area contributed by atoms with Crippen molar-refractivity contribution in [1.29, 1.82) is 0 Å². The summed E-state index contributed by atoms with van der Waals surface area (Å²) in [5, 5.41) is 7.42. The van der Waals surface area contributed by atoms with Gasteiger partial charge in [0, 0.05) is 12.6 Å². The van der Waals surface area contributed by atoms with E-state index in [4.69, 9.17) is 15.6 Å². The van der Waals surface area contributed by atoms with E-state index in [9.17, 15) is 4.39 Å². The third-order valence-corrected chi connectivity index (χ3v) is 0.849. The van der Waals surface area contributed by atoms with E-state index in [1.165, 1.54) is 12.1 Å². The highest BCUT2D eigenvalue weighted by atomic mass is 19.1. The summed E-state index contributed by atoms with van der Waals surface area (Å²) in [6, 6.07) is 5.85. The van der Waals surface area contributed by atoms with Gasteiger partial charge in [0.25, 0.3) is 5.97 Å². The zero-order valence-corrected chi connectivity index (χ0v) is 6.62. The molecule has 3 nitrogen and oxygen atoms in total. The van der Waals surface area contributed by atoms with Gasteiger partial charge in [0.15, 0.2) is 0 Å². The molecule has 12 heavy (non-hydrogen) atoms. The molecule has 0 unspecified atom stereocenters. The highest BCUT2D eigenvalue weighted by molar-refractivity contribution is 5.62. The van der Waals surface area contributed by atoms with Crippen molar-refractivity contribution in [3.63, 3.8) is 0 Å². The van der Waals surface area contributed by atoms with Crippen molar-refractivity contribution >= 4 is 11.7 Å². The molecule has 1 aromatic rings. The number of nitrogens with two attached hydrogens (primary N) is 1. The summed E-state index contributed by atoms with van der Waals surface area (Å²) in [5.41, 5.74) is 5.68. The number of carbonyl (C=O) groups is 1. The molecule has 0 amide bonds. The quantitative estimate of drug-likeness (QED) is 0.581. The van der Waals surface area contributed by atoms with Crippen LogP contribution in [0.5, 0.6) is 0 Å².